The Morgan fingerprint density at radius 2 is 2.00 bits per heavy atom. The van der Waals surface area contributed by atoms with Gasteiger partial charge in [0.25, 0.3) is 11.6 Å². The number of amides is 1. The van der Waals surface area contributed by atoms with Gasteiger partial charge >= 0.3 is 5.97 Å². The molecule has 1 rings (SSSR count). The van der Waals surface area contributed by atoms with E-state index < -0.39 is 22.7 Å². The van der Waals surface area contributed by atoms with Gasteiger partial charge in [0.05, 0.1) is 17.4 Å². The highest BCUT2D eigenvalue weighted by Gasteiger charge is 2.22. The van der Waals surface area contributed by atoms with E-state index in [9.17, 15) is 19.7 Å². The quantitative estimate of drug-likeness (QED) is 0.358. The summed E-state index contributed by atoms with van der Waals surface area (Å²) in [7, 11) is 0. The number of nitro groups is 1. The Balaban J connectivity index is 2.89. The van der Waals surface area contributed by atoms with Gasteiger partial charge in [-0.1, -0.05) is 19.1 Å². The van der Waals surface area contributed by atoms with Crippen molar-refractivity contribution in [1.82, 2.24) is 5.43 Å². The van der Waals surface area contributed by atoms with Crippen LogP contribution in [0.2, 0.25) is 0 Å². The van der Waals surface area contributed by atoms with Crippen molar-refractivity contribution in [2.75, 3.05) is 6.61 Å². The number of ether oxygens (including phenoxy) is 1. The maximum Gasteiger partial charge on any atom is 0.314 e. The Morgan fingerprint density at radius 3 is 2.57 bits per heavy atom. The van der Waals surface area contributed by atoms with Gasteiger partial charge in [-0.05, 0) is 26.3 Å². The van der Waals surface area contributed by atoms with E-state index in [1.54, 1.807) is 20.8 Å². The number of para-hydroxylation sites is 1. The number of hydrogen-bond acceptors (Lipinski definition) is 6. The molecule has 0 aliphatic carbocycles. The smallest absolute Gasteiger partial charge is 0.314 e. The van der Waals surface area contributed by atoms with Gasteiger partial charge in [0.15, 0.2) is 0 Å². The average Bonchev–Trinajstić information content (AvgIpc) is 2.53. The molecule has 0 aliphatic rings. The number of esters is 1. The molecule has 0 bridgehead atoms. The molecule has 1 atom stereocenters. The van der Waals surface area contributed by atoms with Crippen LogP contribution in [0.3, 0.4) is 0 Å². The van der Waals surface area contributed by atoms with Crippen molar-refractivity contribution in [1.29, 1.82) is 0 Å². The summed E-state index contributed by atoms with van der Waals surface area (Å²) in [6.45, 7) is 5.34. The number of nitrogens with zero attached hydrogens (tertiary/aromatic N) is 2. The number of nitro benzene ring substituents is 1. The van der Waals surface area contributed by atoms with E-state index in [1.165, 1.54) is 24.3 Å². The Kier molecular flexibility index (Phi) is 6.85. The maximum absolute atomic E-state index is 12.0. The molecule has 8 heteroatoms. The molecule has 0 saturated heterocycles. The molecule has 0 fully saturated rings. The molecule has 0 aliphatic heterocycles. The topological polar surface area (TPSA) is 111 Å². The van der Waals surface area contributed by atoms with Crippen molar-refractivity contribution in [3.63, 3.8) is 0 Å². The summed E-state index contributed by atoms with van der Waals surface area (Å²) in [6, 6.07) is 5.56. The predicted molar refractivity (Wildman–Crippen MR) is 84.1 cm³/mol. The highest BCUT2D eigenvalue weighted by Crippen LogP contribution is 2.17. The monoisotopic (exact) mass is 321 g/mol. The number of hydrazone groups is 1. The minimum absolute atomic E-state index is 0.0989. The zero-order valence-corrected chi connectivity index (χ0v) is 13.2. The van der Waals surface area contributed by atoms with Gasteiger partial charge < -0.3 is 4.74 Å². The number of hydrogen-bond donors (Lipinski definition) is 1. The molecule has 124 valence electrons. The van der Waals surface area contributed by atoms with Crippen molar-refractivity contribution < 1.29 is 19.2 Å². The van der Waals surface area contributed by atoms with E-state index in [1.807, 2.05) is 0 Å². The number of carbonyl (C=O) groups excluding carboxylic acids is 2. The minimum Gasteiger partial charge on any atom is -0.465 e. The molecular weight excluding hydrogens is 302 g/mol. The van der Waals surface area contributed by atoms with Crippen LogP contribution in [0.15, 0.2) is 29.4 Å². The lowest BCUT2D eigenvalue weighted by Gasteiger charge is -2.13. The van der Waals surface area contributed by atoms with Crippen molar-refractivity contribution in [3.8, 4) is 0 Å². The van der Waals surface area contributed by atoms with E-state index in [0.29, 0.717) is 12.1 Å². The third-order valence-corrected chi connectivity index (χ3v) is 3.16. The fraction of sp³-hybridized carbons (Fsp3) is 0.400. The zero-order valence-electron chi connectivity index (χ0n) is 13.2. The molecule has 0 saturated carbocycles. The van der Waals surface area contributed by atoms with E-state index in [2.05, 4.69) is 10.5 Å². The second-order valence-corrected chi connectivity index (χ2v) is 4.68. The Hall–Kier alpha value is -2.77. The molecule has 1 amide bonds. The highest BCUT2D eigenvalue weighted by molar-refractivity contribution is 6.02. The first-order valence-electron chi connectivity index (χ1n) is 7.16. The Labute approximate surface area is 133 Å². The standard InChI is InChI=1S/C15H19N3O5/c1-4-11(15(20)23-5-2)10(3)16-17-14(19)12-8-6-7-9-13(12)18(21)22/h6-9,11H,4-5H2,1-3H3,(H,17,19)/t11-/m1/s1. The highest BCUT2D eigenvalue weighted by atomic mass is 16.6. The molecule has 0 spiro atoms. The van der Waals surface area contributed by atoms with Gasteiger partial charge in [0.2, 0.25) is 0 Å². The number of nitrogens with one attached hydrogen (secondary N) is 1. The van der Waals surface area contributed by atoms with Crippen LogP contribution < -0.4 is 5.43 Å². The van der Waals surface area contributed by atoms with Crippen LogP contribution in [0.25, 0.3) is 0 Å². The summed E-state index contributed by atoms with van der Waals surface area (Å²) in [4.78, 5) is 34.1. The summed E-state index contributed by atoms with van der Waals surface area (Å²) in [5, 5.41) is 14.8. The molecule has 0 aromatic heterocycles. The summed E-state index contributed by atoms with van der Waals surface area (Å²) < 4.78 is 4.94. The van der Waals surface area contributed by atoms with Crippen LogP contribution in [0.4, 0.5) is 5.69 Å². The first kappa shape index (κ1) is 18.3. The van der Waals surface area contributed by atoms with Crippen LogP contribution in [0, 0.1) is 16.0 Å². The first-order valence-corrected chi connectivity index (χ1v) is 7.16. The van der Waals surface area contributed by atoms with E-state index in [4.69, 9.17) is 4.74 Å². The van der Waals surface area contributed by atoms with Gasteiger partial charge in [0.1, 0.15) is 5.56 Å². The van der Waals surface area contributed by atoms with Crippen LogP contribution in [-0.2, 0) is 9.53 Å². The van der Waals surface area contributed by atoms with Gasteiger partial charge in [-0.2, -0.15) is 5.10 Å². The summed E-state index contributed by atoms with van der Waals surface area (Å²) in [5.41, 5.74) is 2.21. The largest absolute Gasteiger partial charge is 0.465 e. The van der Waals surface area contributed by atoms with E-state index in [-0.39, 0.29) is 17.9 Å². The third kappa shape index (κ3) is 4.87. The lowest BCUT2D eigenvalue weighted by atomic mass is 10.0. The van der Waals surface area contributed by atoms with Gasteiger partial charge in [-0.15, -0.1) is 0 Å². The van der Waals surface area contributed by atoms with Crippen LogP contribution >= 0.6 is 0 Å². The lowest BCUT2D eigenvalue weighted by Crippen LogP contribution is -2.27. The molecule has 1 aromatic carbocycles. The van der Waals surface area contributed by atoms with Crippen molar-refractivity contribution in [3.05, 3.63) is 39.9 Å². The van der Waals surface area contributed by atoms with E-state index >= 15 is 0 Å². The Bertz CT molecular complexity index is 627. The van der Waals surface area contributed by atoms with Crippen LogP contribution in [0.5, 0.6) is 0 Å². The average molecular weight is 321 g/mol. The lowest BCUT2D eigenvalue weighted by molar-refractivity contribution is -0.385. The fourth-order valence-electron chi connectivity index (χ4n) is 1.98. The number of benzene rings is 1. The summed E-state index contributed by atoms with van der Waals surface area (Å²) in [6.07, 6.45) is 0.468. The fourth-order valence-corrected chi connectivity index (χ4v) is 1.98. The second kappa shape index (κ2) is 8.62. The molecule has 0 radical (unpaired) electrons. The second-order valence-electron chi connectivity index (χ2n) is 4.68. The first-order chi connectivity index (χ1) is 10.9. The minimum atomic E-state index is -0.713. The van der Waals surface area contributed by atoms with Crippen molar-refractivity contribution >= 4 is 23.3 Å². The molecule has 8 nitrogen and oxygen atoms in total. The molecule has 1 aromatic rings. The van der Waals surface area contributed by atoms with Gasteiger partial charge in [-0.25, -0.2) is 5.43 Å². The summed E-state index contributed by atoms with van der Waals surface area (Å²) >= 11 is 0. The molecule has 23 heavy (non-hydrogen) atoms. The molecule has 0 unspecified atom stereocenters. The Morgan fingerprint density at radius 1 is 1.35 bits per heavy atom. The number of carbonyl (C=O) groups is 2. The summed E-state index contributed by atoms with van der Waals surface area (Å²) in [5.74, 6) is -1.70. The van der Waals surface area contributed by atoms with Crippen LogP contribution in [-0.4, -0.2) is 29.1 Å². The normalized spacial score (nSPS) is 12.4. The molecular formula is C15H19N3O5. The number of rotatable bonds is 7. The van der Waals surface area contributed by atoms with Crippen LogP contribution in [0.1, 0.15) is 37.6 Å². The van der Waals surface area contributed by atoms with Gasteiger partial charge in [0, 0.05) is 11.8 Å². The van der Waals surface area contributed by atoms with Crippen molar-refractivity contribution in [2.45, 2.75) is 27.2 Å². The maximum atomic E-state index is 12.0. The van der Waals surface area contributed by atoms with Crippen molar-refractivity contribution in [2.24, 2.45) is 11.0 Å². The molecule has 0 heterocycles. The van der Waals surface area contributed by atoms with Gasteiger partial charge in [-0.3, -0.25) is 19.7 Å². The van der Waals surface area contributed by atoms with E-state index in [0.717, 1.165) is 0 Å². The molecule has 1 N–H and O–H groups in total. The predicted octanol–water partition coefficient (Wildman–Crippen LogP) is 2.29. The third-order valence-electron chi connectivity index (χ3n) is 3.16. The zero-order chi connectivity index (χ0) is 17.4. The SMILES string of the molecule is CCOC(=O)[C@H](CC)C(C)=NNC(=O)c1ccccc1[N+](=O)[O-].